The summed E-state index contributed by atoms with van der Waals surface area (Å²) >= 11 is 0. The Morgan fingerprint density at radius 1 is 1.47 bits per heavy atom. The van der Waals surface area contributed by atoms with Crippen LogP contribution in [0.5, 0.6) is 5.75 Å². The van der Waals surface area contributed by atoms with Crippen molar-refractivity contribution in [1.82, 2.24) is 0 Å². The molecule has 102 valence electrons. The lowest BCUT2D eigenvalue weighted by Crippen LogP contribution is -2.15. The summed E-state index contributed by atoms with van der Waals surface area (Å²) in [6.45, 7) is 6.02. The number of nitrogens with zero attached hydrogens (tertiary/aromatic N) is 1. The number of carbonyl (C=O) groups excluding carboxylic acids is 1. The van der Waals surface area contributed by atoms with Gasteiger partial charge in [-0.3, -0.25) is 4.79 Å². The summed E-state index contributed by atoms with van der Waals surface area (Å²) in [5.41, 5.74) is 1.70. The maximum Gasteiger partial charge on any atom is 0.154 e. The molecule has 0 amide bonds. The lowest BCUT2D eigenvalue weighted by atomic mass is 9.88. The highest BCUT2D eigenvalue weighted by atomic mass is 16.5. The summed E-state index contributed by atoms with van der Waals surface area (Å²) < 4.78 is 5.26. The van der Waals surface area contributed by atoms with E-state index in [1.54, 1.807) is 7.11 Å². The van der Waals surface area contributed by atoms with Gasteiger partial charge in [-0.25, -0.2) is 0 Å². The van der Waals surface area contributed by atoms with Gasteiger partial charge in [-0.2, -0.15) is 5.26 Å². The van der Waals surface area contributed by atoms with Crippen LogP contribution in [0.2, 0.25) is 0 Å². The molecular formula is C16H21NO2. The zero-order chi connectivity index (χ0) is 14.4. The maximum absolute atomic E-state index is 12.2. The Morgan fingerprint density at radius 3 is 2.68 bits per heavy atom. The number of rotatable bonds is 6. The van der Waals surface area contributed by atoms with E-state index < -0.39 is 5.92 Å². The number of nitriles is 1. The number of benzene rings is 1. The van der Waals surface area contributed by atoms with Crippen molar-refractivity contribution in [3.8, 4) is 11.8 Å². The molecule has 0 heterocycles. The molecule has 0 aliphatic heterocycles. The molecule has 0 saturated heterocycles. The van der Waals surface area contributed by atoms with Crippen molar-refractivity contribution >= 4 is 5.78 Å². The third kappa shape index (κ3) is 3.82. The van der Waals surface area contributed by atoms with Crippen molar-refractivity contribution in [2.45, 2.75) is 39.5 Å². The molecule has 0 spiro atoms. The predicted molar refractivity (Wildman–Crippen MR) is 75.2 cm³/mol. The number of methoxy groups -OCH3 is 1. The summed E-state index contributed by atoms with van der Waals surface area (Å²) in [4.78, 5) is 12.2. The van der Waals surface area contributed by atoms with E-state index in [9.17, 15) is 10.1 Å². The van der Waals surface area contributed by atoms with Gasteiger partial charge in [-0.05, 0) is 18.9 Å². The van der Waals surface area contributed by atoms with Crippen LogP contribution in [-0.2, 0) is 4.79 Å². The van der Waals surface area contributed by atoms with Gasteiger partial charge in [0.15, 0.2) is 5.78 Å². The first-order valence-corrected chi connectivity index (χ1v) is 6.60. The molecule has 19 heavy (non-hydrogen) atoms. The second-order valence-corrected chi connectivity index (χ2v) is 4.99. The lowest BCUT2D eigenvalue weighted by molar-refractivity contribution is -0.120. The normalized spacial score (nSPS) is 13.4. The van der Waals surface area contributed by atoms with Crippen LogP contribution < -0.4 is 4.74 Å². The Labute approximate surface area is 115 Å². The van der Waals surface area contributed by atoms with Crippen LogP contribution in [0.4, 0.5) is 0 Å². The minimum Gasteiger partial charge on any atom is -0.496 e. The van der Waals surface area contributed by atoms with E-state index in [0.29, 0.717) is 23.7 Å². The molecule has 3 heteroatoms. The first-order valence-electron chi connectivity index (χ1n) is 6.60. The zero-order valence-corrected chi connectivity index (χ0v) is 12.1. The fourth-order valence-corrected chi connectivity index (χ4v) is 2.00. The number of hydrogen-bond donors (Lipinski definition) is 0. The molecule has 0 aliphatic rings. The molecule has 0 N–H and O–H groups in total. The number of ether oxygens (including phenoxy) is 1. The minimum atomic E-state index is -0.733. The molecule has 1 rings (SSSR count). The van der Waals surface area contributed by atoms with Gasteiger partial charge >= 0.3 is 0 Å². The number of Topliss-reactive ketones (excluding diaryl/α,β-unsaturated/α-hetero) is 1. The van der Waals surface area contributed by atoms with Crippen molar-refractivity contribution in [3.63, 3.8) is 0 Å². The highest BCUT2D eigenvalue weighted by Crippen LogP contribution is 2.29. The smallest absolute Gasteiger partial charge is 0.154 e. The van der Waals surface area contributed by atoms with E-state index >= 15 is 0 Å². The van der Waals surface area contributed by atoms with Gasteiger partial charge in [0.2, 0.25) is 0 Å². The van der Waals surface area contributed by atoms with Crippen molar-refractivity contribution in [1.29, 1.82) is 5.26 Å². The van der Waals surface area contributed by atoms with Gasteiger partial charge in [-0.1, -0.05) is 38.0 Å². The van der Waals surface area contributed by atoms with Crippen LogP contribution in [0.15, 0.2) is 18.2 Å². The number of ketones is 1. The number of hydrogen-bond acceptors (Lipinski definition) is 3. The molecule has 3 nitrogen and oxygen atoms in total. The Balaban J connectivity index is 3.07. The third-order valence-corrected chi connectivity index (χ3v) is 3.39. The molecule has 2 atom stereocenters. The standard InChI is InChI=1S/C16H21NO2/c1-5-11(2)9-15(18)14(10-17)13-8-12(3)6-7-16(13)19-4/h6-8,11,14H,5,9H2,1-4H3. The van der Waals surface area contributed by atoms with Crippen molar-refractivity contribution in [2.75, 3.05) is 7.11 Å². The van der Waals surface area contributed by atoms with Gasteiger partial charge < -0.3 is 4.74 Å². The van der Waals surface area contributed by atoms with Gasteiger partial charge in [0.1, 0.15) is 11.7 Å². The third-order valence-electron chi connectivity index (χ3n) is 3.39. The quantitative estimate of drug-likeness (QED) is 0.784. The molecule has 1 aromatic carbocycles. The second-order valence-electron chi connectivity index (χ2n) is 4.99. The Kier molecular flexibility index (Phi) is 5.57. The fourth-order valence-electron chi connectivity index (χ4n) is 2.00. The average Bonchev–Trinajstić information content (AvgIpc) is 2.39. The Bertz CT molecular complexity index is 488. The van der Waals surface area contributed by atoms with Crippen LogP contribution in [0.3, 0.4) is 0 Å². The van der Waals surface area contributed by atoms with Crippen LogP contribution in [0.25, 0.3) is 0 Å². The van der Waals surface area contributed by atoms with E-state index in [0.717, 1.165) is 12.0 Å². The van der Waals surface area contributed by atoms with Gasteiger partial charge in [0.25, 0.3) is 0 Å². The van der Waals surface area contributed by atoms with Crippen LogP contribution >= 0.6 is 0 Å². The Hall–Kier alpha value is -1.82. The molecule has 0 saturated carbocycles. The predicted octanol–water partition coefficient (Wildman–Crippen LogP) is 3.62. The molecule has 0 bridgehead atoms. The van der Waals surface area contributed by atoms with Gasteiger partial charge in [-0.15, -0.1) is 0 Å². The molecule has 0 aliphatic carbocycles. The summed E-state index contributed by atoms with van der Waals surface area (Å²) in [5, 5.41) is 9.32. The highest BCUT2D eigenvalue weighted by molar-refractivity contribution is 5.89. The summed E-state index contributed by atoms with van der Waals surface area (Å²) in [6.07, 6.45) is 1.38. The minimum absolute atomic E-state index is 0.0271. The molecule has 1 aromatic rings. The first kappa shape index (κ1) is 15.2. The van der Waals surface area contributed by atoms with Gasteiger partial charge in [0.05, 0.1) is 13.2 Å². The second kappa shape index (κ2) is 6.94. The highest BCUT2D eigenvalue weighted by Gasteiger charge is 2.24. The van der Waals surface area contributed by atoms with E-state index in [-0.39, 0.29) is 5.78 Å². The Morgan fingerprint density at radius 2 is 2.16 bits per heavy atom. The summed E-state index contributed by atoms with van der Waals surface area (Å²) in [5.74, 6) is 0.151. The van der Waals surface area contributed by atoms with E-state index in [4.69, 9.17) is 4.74 Å². The van der Waals surface area contributed by atoms with Crippen molar-refractivity contribution in [3.05, 3.63) is 29.3 Å². The monoisotopic (exact) mass is 259 g/mol. The van der Waals surface area contributed by atoms with E-state index in [1.807, 2.05) is 39.0 Å². The average molecular weight is 259 g/mol. The molecule has 2 unspecified atom stereocenters. The first-order chi connectivity index (χ1) is 9.03. The van der Waals surface area contributed by atoms with E-state index in [1.165, 1.54) is 0 Å². The zero-order valence-electron chi connectivity index (χ0n) is 12.1. The fraction of sp³-hybridized carbons (Fsp3) is 0.500. The SMILES string of the molecule is CCC(C)CC(=O)C(C#N)c1cc(C)ccc1OC. The largest absolute Gasteiger partial charge is 0.496 e. The van der Waals surface area contributed by atoms with Crippen molar-refractivity contribution < 1.29 is 9.53 Å². The lowest BCUT2D eigenvalue weighted by Gasteiger charge is -2.15. The maximum atomic E-state index is 12.2. The number of carbonyl (C=O) groups is 1. The molecule has 0 aromatic heterocycles. The topological polar surface area (TPSA) is 50.1 Å². The summed E-state index contributed by atoms with van der Waals surface area (Å²) in [7, 11) is 1.56. The molecular weight excluding hydrogens is 238 g/mol. The molecule has 0 fully saturated rings. The van der Waals surface area contributed by atoms with Crippen LogP contribution in [-0.4, -0.2) is 12.9 Å². The summed E-state index contributed by atoms with van der Waals surface area (Å²) in [6, 6.07) is 7.71. The van der Waals surface area contributed by atoms with Crippen molar-refractivity contribution in [2.24, 2.45) is 5.92 Å². The van der Waals surface area contributed by atoms with Crippen LogP contribution in [0, 0.1) is 24.2 Å². The number of aryl methyl sites for hydroxylation is 1. The van der Waals surface area contributed by atoms with E-state index in [2.05, 4.69) is 6.07 Å². The van der Waals surface area contributed by atoms with Crippen LogP contribution in [0.1, 0.15) is 43.7 Å². The molecule has 0 radical (unpaired) electrons. The van der Waals surface area contributed by atoms with Gasteiger partial charge in [0, 0.05) is 12.0 Å².